The zero-order valence-corrected chi connectivity index (χ0v) is 15.3. The van der Waals surface area contributed by atoms with Crippen LogP contribution in [0.25, 0.3) is 0 Å². The number of likely N-dealkylation sites (tertiary alicyclic amines) is 1. The third kappa shape index (κ3) is 3.19. The molecular weight excluding hydrogens is 410 g/mol. The van der Waals surface area contributed by atoms with Crippen LogP contribution in [0, 0.1) is 0 Å². The molecule has 0 bridgehead atoms. The summed E-state index contributed by atoms with van der Waals surface area (Å²) in [6.45, 7) is 0.140. The Kier molecular flexibility index (Phi) is 5.15. The normalized spacial score (nSPS) is 31.8. The molecule has 0 aromatic heterocycles. The fourth-order valence-corrected chi connectivity index (χ4v) is 4.85. The van der Waals surface area contributed by atoms with Gasteiger partial charge in [0.05, 0.1) is 27.4 Å². The molecule has 3 nitrogen and oxygen atoms in total. The molecule has 1 aromatic carbocycles. The van der Waals surface area contributed by atoms with E-state index in [9.17, 15) is 17.4 Å². The second-order valence-electron chi connectivity index (χ2n) is 5.96. The van der Waals surface area contributed by atoms with E-state index in [0.717, 1.165) is 0 Å². The first-order valence-electron chi connectivity index (χ1n) is 7.11. The molecule has 2 saturated heterocycles. The predicted octanol–water partition coefficient (Wildman–Crippen LogP) is 4.22. The van der Waals surface area contributed by atoms with E-state index in [2.05, 4.69) is 0 Å². The maximum Gasteiger partial charge on any atom is 0.399 e. The fourth-order valence-electron chi connectivity index (χ4n) is 3.23. The summed E-state index contributed by atoms with van der Waals surface area (Å²) < 4.78 is 58.2. The topological polar surface area (TPSA) is 29.5 Å². The van der Waals surface area contributed by atoms with Gasteiger partial charge in [-0.2, -0.15) is 13.2 Å². The number of hydrogen-bond acceptors (Lipinski definition) is 3. The molecule has 10 heteroatoms. The molecule has 24 heavy (non-hydrogen) atoms. The van der Waals surface area contributed by atoms with Gasteiger partial charge in [-0.3, -0.25) is 9.08 Å². The number of nitrogens with zero attached hydrogens (tertiary/aromatic N) is 1. The molecular formula is C14H13Cl3F3NO2S. The maximum absolute atomic E-state index is 14.0. The lowest BCUT2D eigenvalue weighted by molar-refractivity contribution is -0.187. The van der Waals surface area contributed by atoms with E-state index in [1.807, 2.05) is 0 Å². The molecule has 1 aromatic rings. The minimum absolute atomic E-state index is 0.00284. The molecule has 2 aliphatic heterocycles. The van der Waals surface area contributed by atoms with Gasteiger partial charge in [0.2, 0.25) is 0 Å². The summed E-state index contributed by atoms with van der Waals surface area (Å²) >= 11 is 16.3. The van der Waals surface area contributed by atoms with E-state index in [1.165, 1.54) is 12.1 Å². The first-order valence-corrected chi connectivity index (χ1v) is 9.49. The van der Waals surface area contributed by atoms with Crippen molar-refractivity contribution in [3.63, 3.8) is 0 Å². The molecule has 0 saturated carbocycles. The van der Waals surface area contributed by atoms with Gasteiger partial charge in [-0.05, 0) is 30.7 Å². The molecule has 3 atom stereocenters. The molecule has 2 heterocycles. The van der Waals surface area contributed by atoms with E-state index < -0.39 is 22.7 Å². The highest BCUT2D eigenvalue weighted by molar-refractivity contribution is 7.80. The van der Waals surface area contributed by atoms with Crippen LogP contribution in [-0.2, 0) is 20.7 Å². The molecule has 0 amide bonds. The molecule has 0 spiro atoms. The molecule has 134 valence electrons. The van der Waals surface area contributed by atoms with E-state index in [1.54, 1.807) is 4.90 Å². The van der Waals surface area contributed by atoms with Gasteiger partial charge in [0, 0.05) is 12.6 Å². The standard InChI is InChI=1S/C14H13Cl3F3NO2S/c15-10-3-8(4-11(16)12(10)17)13(14(18,19)20)1-2-21(7-13)9-5-23-24(22)6-9/h3-4,9H,1-2,5-7H2. The van der Waals surface area contributed by atoms with Crippen LogP contribution in [0.5, 0.6) is 0 Å². The average Bonchev–Trinajstić information content (AvgIpc) is 3.10. The first-order chi connectivity index (χ1) is 11.1. The zero-order valence-electron chi connectivity index (χ0n) is 12.2. The monoisotopic (exact) mass is 421 g/mol. The van der Waals surface area contributed by atoms with E-state index in [0.29, 0.717) is 0 Å². The predicted molar refractivity (Wildman–Crippen MR) is 88.1 cm³/mol. The molecule has 3 rings (SSSR count). The highest BCUT2D eigenvalue weighted by Crippen LogP contribution is 2.50. The Morgan fingerprint density at radius 3 is 2.38 bits per heavy atom. The lowest BCUT2D eigenvalue weighted by Crippen LogP contribution is -2.47. The van der Waals surface area contributed by atoms with Crippen molar-refractivity contribution in [2.75, 3.05) is 25.4 Å². The lowest BCUT2D eigenvalue weighted by Gasteiger charge is -2.33. The summed E-state index contributed by atoms with van der Waals surface area (Å²) in [6.07, 6.45) is -4.62. The summed E-state index contributed by atoms with van der Waals surface area (Å²) in [5.74, 6) is 0.218. The van der Waals surface area contributed by atoms with Crippen molar-refractivity contribution in [2.45, 2.75) is 24.1 Å². The number of rotatable bonds is 2. The van der Waals surface area contributed by atoms with Crippen molar-refractivity contribution < 1.29 is 21.6 Å². The number of hydrogen-bond donors (Lipinski definition) is 0. The third-order valence-corrected chi connectivity index (χ3v) is 6.87. The Bertz CT molecular complexity index is 665. The largest absolute Gasteiger partial charge is 0.399 e. The zero-order chi connectivity index (χ0) is 17.7. The van der Waals surface area contributed by atoms with Crippen LogP contribution >= 0.6 is 34.8 Å². The second kappa shape index (κ2) is 6.59. The molecule has 0 aliphatic carbocycles. The molecule has 2 aliphatic rings. The Labute approximate surface area is 154 Å². The van der Waals surface area contributed by atoms with Gasteiger partial charge in [-0.1, -0.05) is 34.8 Å². The third-order valence-electron chi connectivity index (χ3n) is 4.61. The lowest BCUT2D eigenvalue weighted by atomic mass is 9.79. The maximum atomic E-state index is 14.0. The summed E-state index contributed by atoms with van der Waals surface area (Å²) in [7, 11) is 0. The van der Waals surface area contributed by atoms with Crippen LogP contribution in [0.15, 0.2) is 12.1 Å². The summed E-state index contributed by atoms with van der Waals surface area (Å²) in [5.41, 5.74) is -2.09. The summed E-state index contributed by atoms with van der Waals surface area (Å²) in [5, 5.41) is 0.0203. The quantitative estimate of drug-likeness (QED) is 0.669. The average molecular weight is 423 g/mol. The SMILES string of the molecule is O=S1CC(N2CCC(c3cc(Cl)c(Cl)c(Cl)c3)(C(F)(F)F)C2)CO1. The summed E-state index contributed by atoms with van der Waals surface area (Å²) in [6, 6.07) is 2.18. The van der Waals surface area contributed by atoms with Crippen molar-refractivity contribution in [1.29, 1.82) is 0 Å². The highest BCUT2D eigenvalue weighted by atomic mass is 35.5. The Morgan fingerprint density at radius 2 is 1.88 bits per heavy atom. The number of halogens is 6. The fraction of sp³-hybridized carbons (Fsp3) is 0.571. The van der Waals surface area contributed by atoms with Gasteiger partial charge < -0.3 is 0 Å². The molecule has 3 unspecified atom stereocenters. The second-order valence-corrected chi connectivity index (χ2v) is 8.33. The van der Waals surface area contributed by atoms with Gasteiger partial charge in [0.1, 0.15) is 5.41 Å². The van der Waals surface area contributed by atoms with Crippen LogP contribution in [-0.4, -0.2) is 46.8 Å². The molecule has 0 radical (unpaired) electrons. The number of alkyl halides is 3. The van der Waals surface area contributed by atoms with Gasteiger partial charge >= 0.3 is 6.18 Å². The molecule has 2 fully saturated rings. The number of benzene rings is 1. The van der Waals surface area contributed by atoms with Crippen LogP contribution < -0.4 is 0 Å². The van der Waals surface area contributed by atoms with Gasteiger partial charge in [0.25, 0.3) is 0 Å². The van der Waals surface area contributed by atoms with E-state index in [-0.39, 0.29) is 58.5 Å². The van der Waals surface area contributed by atoms with Crippen molar-refractivity contribution in [1.82, 2.24) is 4.90 Å². The Hall–Kier alpha value is -0.0500. The van der Waals surface area contributed by atoms with Crippen LogP contribution in [0.1, 0.15) is 12.0 Å². The van der Waals surface area contributed by atoms with Gasteiger partial charge in [-0.15, -0.1) is 0 Å². The van der Waals surface area contributed by atoms with Gasteiger partial charge in [-0.25, -0.2) is 4.21 Å². The van der Waals surface area contributed by atoms with Crippen molar-refractivity contribution in [3.8, 4) is 0 Å². The van der Waals surface area contributed by atoms with Crippen molar-refractivity contribution >= 4 is 45.9 Å². The molecule has 0 N–H and O–H groups in total. The minimum Gasteiger partial charge on any atom is -0.296 e. The summed E-state index contributed by atoms with van der Waals surface area (Å²) in [4.78, 5) is 1.68. The van der Waals surface area contributed by atoms with Crippen molar-refractivity contribution in [3.05, 3.63) is 32.8 Å². The minimum atomic E-state index is -4.49. The smallest absolute Gasteiger partial charge is 0.296 e. The van der Waals surface area contributed by atoms with Crippen LogP contribution in [0.4, 0.5) is 13.2 Å². The van der Waals surface area contributed by atoms with Crippen LogP contribution in [0.2, 0.25) is 15.1 Å². The first kappa shape index (κ1) is 18.7. The Balaban J connectivity index is 1.97. The van der Waals surface area contributed by atoms with Crippen LogP contribution in [0.3, 0.4) is 0 Å². The van der Waals surface area contributed by atoms with E-state index >= 15 is 0 Å². The highest BCUT2D eigenvalue weighted by Gasteiger charge is 2.60. The van der Waals surface area contributed by atoms with E-state index in [4.69, 9.17) is 39.0 Å². The van der Waals surface area contributed by atoms with Gasteiger partial charge in [0.15, 0.2) is 11.1 Å². The van der Waals surface area contributed by atoms with Crippen molar-refractivity contribution in [2.24, 2.45) is 0 Å². The Morgan fingerprint density at radius 1 is 1.25 bits per heavy atom.